The number of hydrogen-bond donors (Lipinski definition) is 2. The number of aryl methyl sites for hydroxylation is 1. The Morgan fingerprint density at radius 3 is 2.69 bits per heavy atom. The zero-order valence-corrected chi connectivity index (χ0v) is 15.9. The lowest BCUT2D eigenvalue weighted by molar-refractivity contribution is -0.124. The predicted molar refractivity (Wildman–Crippen MR) is 97.5 cm³/mol. The van der Waals surface area contributed by atoms with Gasteiger partial charge in [0.05, 0.1) is 29.8 Å². The average molecular weight is 401 g/mol. The largest absolute Gasteiger partial charge is 0.352 e. The van der Waals surface area contributed by atoms with Crippen LogP contribution in [-0.4, -0.2) is 54.1 Å². The minimum atomic E-state index is -3.05. The van der Waals surface area contributed by atoms with Crippen LogP contribution in [0.5, 0.6) is 0 Å². The molecule has 1 aliphatic heterocycles. The Morgan fingerprint density at radius 1 is 1.35 bits per heavy atom. The van der Waals surface area contributed by atoms with Crippen LogP contribution in [-0.2, 0) is 19.4 Å². The summed E-state index contributed by atoms with van der Waals surface area (Å²) in [6.07, 6.45) is 5.27. The molecular formula is C16H21ClN4O4S. The number of amides is 2. The fraction of sp³-hybridized carbons (Fsp3) is 0.562. The summed E-state index contributed by atoms with van der Waals surface area (Å²) in [6, 6.07) is -0.0325. The molecule has 26 heavy (non-hydrogen) atoms. The lowest BCUT2D eigenvalue weighted by Gasteiger charge is -2.09. The van der Waals surface area contributed by atoms with Crippen LogP contribution >= 0.6 is 11.6 Å². The molecule has 3 rings (SSSR count). The Bertz CT molecular complexity index is 858. The molecule has 2 aliphatic rings. The number of carbonyl (C=O) groups is 2. The standard InChI is InChI=1S/C16H21ClN4O4S/c1-10-13(4-5-14(22)18-8-15(23)19-11-2-3-11)16(17)21(20-10)12-6-7-26(24,25)9-12/h4-5,11-12H,2-3,6-9H2,1H3,(H,18,22)(H,19,23)/b5-4+/t12-/m0/s1. The molecule has 1 saturated heterocycles. The number of carbonyl (C=O) groups excluding carboxylic acids is 2. The number of hydrogen-bond acceptors (Lipinski definition) is 5. The summed E-state index contributed by atoms with van der Waals surface area (Å²) in [4.78, 5) is 23.4. The van der Waals surface area contributed by atoms with Crippen LogP contribution in [0.2, 0.25) is 5.15 Å². The molecule has 0 bridgehead atoms. The second-order valence-corrected chi connectivity index (χ2v) is 9.27. The van der Waals surface area contributed by atoms with Gasteiger partial charge >= 0.3 is 0 Å². The van der Waals surface area contributed by atoms with E-state index in [4.69, 9.17) is 11.6 Å². The van der Waals surface area contributed by atoms with E-state index in [1.807, 2.05) is 0 Å². The third-order valence-corrected chi connectivity index (χ3v) is 6.52. The Morgan fingerprint density at radius 2 is 2.08 bits per heavy atom. The van der Waals surface area contributed by atoms with Crippen molar-refractivity contribution in [3.8, 4) is 0 Å². The first-order chi connectivity index (χ1) is 12.2. The molecule has 0 unspecified atom stereocenters. The molecule has 1 aromatic rings. The second-order valence-electron chi connectivity index (χ2n) is 6.68. The van der Waals surface area contributed by atoms with Crippen LogP contribution in [0.25, 0.3) is 6.08 Å². The molecule has 2 amide bonds. The molecule has 0 aromatic carbocycles. The highest BCUT2D eigenvalue weighted by molar-refractivity contribution is 7.91. The topological polar surface area (TPSA) is 110 Å². The normalized spacial score (nSPS) is 21.8. The summed E-state index contributed by atoms with van der Waals surface area (Å²) in [5, 5.41) is 9.92. The SMILES string of the molecule is Cc1nn([C@H]2CCS(=O)(=O)C2)c(Cl)c1/C=C/C(=O)NCC(=O)NC1CC1. The first kappa shape index (κ1) is 18.9. The van der Waals surface area contributed by atoms with Crippen molar-refractivity contribution in [1.29, 1.82) is 0 Å². The van der Waals surface area contributed by atoms with Crippen molar-refractivity contribution in [2.45, 2.75) is 38.3 Å². The van der Waals surface area contributed by atoms with Gasteiger partial charge in [-0.3, -0.25) is 9.59 Å². The van der Waals surface area contributed by atoms with Crippen molar-refractivity contribution in [3.05, 3.63) is 22.5 Å². The molecule has 2 N–H and O–H groups in total. The highest BCUT2D eigenvalue weighted by Gasteiger charge is 2.31. The van der Waals surface area contributed by atoms with E-state index >= 15 is 0 Å². The third kappa shape index (κ3) is 4.64. The molecule has 8 nitrogen and oxygen atoms in total. The van der Waals surface area contributed by atoms with Gasteiger partial charge in [0.15, 0.2) is 9.84 Å². The van der Waals surface area contributed by atoms with Crippen LogP contribution in [0, 0.1) is 6.92 Å². The van der Waals surface area contributed by atoms with Gasteiger partial charge in [-0.25, -0.2) is 13.1 Å². The van der Waals surface area contributed by atoms with E-state index in [9.17, 15) is 18.0 Å². The van der Waals surface area contributed by atoms with E-state index in [1.165, 1.54) is 16.8 Å². The summed E-state index contributed by atoms with van der Waals surface area (Å²) in [6.45, 7) is 1.66. The number of nitrogens with one attached hydrogen (secondary N) is 2. The minimum Gasteiger partial charge on any atom is -0.352 e. The van der Waals surface area contributed by atoms with Gasteiger partial charge in [0.25, 0.3) is 0 Å². The van der Waals surface area contributed by atoms with Crippen LogP contribution < -0.4 is 10.6 Å². The summed E-state index contributed by atoms with van der Waals surface area (Å²) < 4.78 is 24.8. The molecular weight excluding hydrogens is 380 g/mol. The van der Waals surface area contributed by atoms with E-state index in [1.54, 1.807) is 6.92 Å². The quantitative estimate of drug-likeness (QED) is 0.680. The maximum atomic E-state index is 11.9. The van der Waals surface area contributed by atoms with Gasteiger partial charge in [-0.15, -0.1) is 0 Å². The molecule has 10 heteroatoms. The Balaban J connectivity index is 1.61. The third-order valence-electron chi connectivity index (χ3n) is 4.39. The van der Waals surface area contributed by atoms with Gasteiger partial charge in [0.1, 0.15) is 5.15 Å². The summed E-state index contributed by atoms with van der Waals surface area (Å²) in [5.74, 6) is -0.474. The Hall–Kier alpha value is -1.87. The van der Waals surface area contributed by atoms with Crippen molar-refractivity contribution in [1.82, 2.24) is 20.4 Å². The van der Waals surface area contributed by atoms with Crippen LogP contribution in [0.4, 0.5) is 0 Å². The number of aromatic nitrogens is 2. The summed E-state index contributed by atoms with van der Waals surface area (Å²) >= 11 is 6.34. The molecule has 1 atom stereocenters. The highest BCUT2D eigenvalue weighted by atomic mass is 35.5. The Labute approximate surface area is 156 Å². The van der Waals surface area contributed by atoms with Crippen molar-refractivity contribution < 1.29 is 18.0 Å². The number of halogens is 1. The maximum absolute atomic E-state index is 11.9. The lowest BCUT2D eigenvalue weighted by atomic mass is 10.2. The van der Waals surface area contributed by atoms with E-state index in [-0.39, 0.29) is 36.0 Å². The molecule has 2 fully saturated rings. The number of nitrogens with zero attached hydrogens (tertiary/aromatic N) is 2. The Kier molecular flexibility index (Phi) is 5.38. The van der Waals surface area contributed by atoms with Crippen LogP contribution in [0.3, 0.4) is 0 Å². The number of sulfone groups is 1. The minimum absolute atomic E-state index is 0.0214. The van der Waals surface area contributed by atoms with Crippen molar-refractivity contribution in [2.24, 2.45) is 0 Å². The predicted octanol–water partition coefficient (Wildman–Crippen LogP) is 0.613. The zero-order chi connectivity index (χ0) is 18.9. The van der Waals surface area contributed by atoms with Crippen molar-refractivity contribution >= 4 is 39.3 Å². The first-order valence-electron chi connectivity index (χ1n) is 8.45. The van der Waals surface area contributed by atoms with E-state index < -0.39 is 15.7 Å². The summed E-state index contributed by atoms with van der Waals surface area (Å²) in [5.41, 5.74) is 1.17. The number of rotatable bonds is 6. The fourth-order valence-corrected chi connectivity index (χ4v) is 4.89. The highest BCUT2D eigenvalue weighted by Crippen LogP contribution is 2.30. The van der Waals surface area contributed by atoms with Crippen LogP contribution in [0.1, 0.15) is 36.6 Å². The molecule has 0 spiro atoms. The summed E-state index contributed by atoms with van der Waals surface area (Å²) in [7, 11) is -3.05. The van der Waals surface area contributed by atoms with Gasteiger partial charge in [0.2, 0.25) is 11.8 Å². The first-order valence-corrected chi connectivity index (χ1v) is 10.7. The van der Waals surface area contributed by atoms with Gasteiger partial charge in [-0.2, -0.15) is 5.10 Å². The van der Waals surface area contributed by atoms with Crippen molar-refractivity contribution in [2.75, 3.05) is 18.1 Å². The van der Waals surface area contributed by atoms with Gasteiger partial charge < -0.3 is 10.6 Å². The van der Waals surface area contributed by atoms with E-state index in [0.717, 1.165) is 12.8 Å². The molecule has 2 heterocycles. The monoisotopic (exact) mass is 400 g/mol. The molecule has 1 aliphatic carbocycles. The average Bonchev–Trinajstić information content (AvgIpc) is 3.24. The molecule has 142 valence electrons. The zero-order valence-electron chi connectivity index (χ0n) is 14.4. The van der Waals surface area contributed by atoms with Gasteiger partial charge in [-0.05, 0) is 32.3 Å². The van der Waals surface area contributed by atoms with E-state index in [0.29, 0.717) is 22.8 Å². The second kappa shape index (κ2) is 7.40. The van der Waals surface area contributed by atoms with Gasteiger partial charge in [-0.1, -0.05) is 11.6 Å². The van der Waals surface area contributed by atoms with Gasteiger partial charge in [0, 0.05) is 17.7 Å². The van der Waals surface area contributed by atoms with Crippen LogP contribution in [0.15, 0.2) is 6.08 Å². The molecule has 1 saturated carbocycles. The maximum Gasteiger partial charge on any atom is 0.244 e. The smallest absolute Gasteiger partial charge is 0.244 e. The molecule has 1 aromatic heterocycles. The van der Waals surface area contributed by atoms with E-state index in [2.05, 4.69) is 15.7 Å². The van der Waals surface area contributed by atoms with Crippen molar-refractivity contribution in [3.63, 3.8) is 0 Å². The lowest BCUT2D eigenvalue weighted by Crippen LogP contribution is -2.37. The molecule has 0 radical (unpaired) electrons. The fourth-order valence-electron chi connectivity index (χ4n) is 2.82.